The zero-order chi connectivity index (χ0) is 14.8. The lowest BCUT2D eigenvalue weighted by molar-refractivity contribution is 0.128. The quantitative estimate of drug-likeness (QED) is 0.648. The van der Waals surface area contributed by atoms with Gasteiger partial charge in [0.25, 0.3) is 0 Å². The van der Waals surface area contributed by atoms with Crippen molar-refractivity contribution in [1.82, 2.24) is 9.97 Å². The lowest BCUT2D eigenvalue weighted by Crippen LogP contribution is -2.18. The molecule has 0 aliphatic rings. The summed E-state index contributed by atoms with van der Waals surface area (Å²) in [5.74, 6) is 4.71. The molecule has 0 aromatic carbocycles. The number of nitrogens with one attached hydrogen (secondary N) is 2. The van der Waals surface area contributed by atoms with Gasteiger partial charge in [0.2, 0.25) is 0 Å². The fourth-order valence-corrected chi connectivity index (χ4v) is 2.50. The van der Waals surface area contributed by atoms with Crippen molar-refractivity contribution >= 4 is 23.4 Å². The number of hydrogen-bond donors (Lipinski definition) is 2. The average molecular weight is 298 g/mol. The van der Waals surface area contributed by atoms with Crippen LogP contribution in [0.3, 0.4) is 0 Å². The van der Waals surface area contributed by atoms with Crippen molar-refractivity contribution in [2.75, 3.05) is 35.8 Å². The Morgan fingerprint density at radius 3 is 2.70 bits per heavy atom. The fraction of sp³-hybridized carbons (Fsp3) is 0.714. The molecular formula is C14H26N4OS. The second-order valence-corrected chi connectivity index (χ2v) is 5.87. The predicted molar refractivity (Wildman–Crippen MR) is 87.6 cm³/mol. The van der Waals surface area contributed by atoms with E-state index in [-0.39, 0.29) is 0 Å². The molecule has 5 nitrogen and oxygen atoms in total. The Morgan fingerprint density at radius 1 is 1.30 bits per heavy atom. The number of ether oxygens (including phenoxy) is 1. The third-order valence-electron chi connectivity index (χ3n) is 2.76. The van der Waals surface area contributed by atoms with E-state index in [9.17, 15) is 0 Å². The molecule has 1 atom stereocenters. The molecule has 0 fully saturated rings. The first-order valence-corrected chi connectivity index (χ1v) is 8.32. The van der Waals surface area contributed by atoms with E-state index in [0.29, 0.717) is 25.1 Å². The second kappa shape index (κ2) is 9.83. The van der Waals surface area contributed by atoms with Gasteiger partial charge in [0, 0.05) is 25.8 Å². The summed E-state index contributed by atoms with van der Waals surface area (Å²) >= 11 is 1.96. The van der Waals surface area contributed by atoms with Crippen LogP contribution in [0, 0.1) is 0 Å². The van der Waals surface area contributed by atoms with E-state index in [1.54, 1.807) is 0 Å². The SMILES string of the molecule is CCOCc1nc(NC)cc(NC(C)CCSCC)n1. The first-order chi connectivity index (χ1) is 9.69. The van der Waals surface area contributed by atoms with Crippen molar-refractivity contribution in [1.29, 1.82) is 0 Å². The molecule has 114 valence electrons. The molecule has 1 rings (SSSR count). The molecule has 1 heterocycles. The summed E-state index contributed by atoms with van der Waals surface area (Å²) in [7, 11) is 1.86. The third kappa shape index (κ3) is 6.43. The lowest BCUT2D eigenvalue weighted by atomic mass is 10.2. The highest BCUT2D eigenvalue weighted by Gasteiger charge is 2.07. The summed E-state index contributed by atoms with van der Waals surface area (Å²) < 4.78 is 5.37. The molecule has 0 radical (unpaired) electrons. The summed E-state index contributed by atoms with van der Waals surface area (Å²) in [6.07, 6.45) is 1.12. The van der Waals surface area contributed by atoms with Gasteiger partial charge in [-0.3, -0.25) is 0 Å². The Labute approximate surface area is 126 Å². The Bertz CT molecular complexity index is 389. The Hall–Kier alpha value is -1.01. The maximum absolute atomic E-state index is 5.37. The molecule has 0 aliphatic carbocycles. The third-order valence-corrected chi connectivity index (χ3v) is 3.69. The van der Waals surface area contributed by atoms with E-state index in [2.05, 4.69) is 34.4 Å². The van der Waals surface area contributed by atoms with Gasteiger partial charge in [0.1, 0.15) is 18.2 Å². The fourth-order valence-electron chi connectivity index (χ4n) is 1.69. The van der Waals surface area contributed by atoms with Gasteiger partial charge in [-0.15, -0.1) is 0 Å². The number of hydrogen-bond acceptors (Lipinski definition) is 6. The molecule has 0 spiro atoms. The minimum absolute atomic E-state index is 0.397. The summed E-state index contributed by atoms with van der Waals surface area (Å²) in [6, 6.07) is 2.33. The summed E-state index contributed by atoms with van der Waals surface area (Å²) in [5, 5.41) is 6.49. The molecule has 0 saturated carbocycles. The number of nitrogens with zero attached hydrogens (tertiary/aromatic N) is 2. The molecule has 0 aliphatic heterocycles. The highest BCUT2D eigenvalue weighted by Crippen LogP contribution is 2.14. The molecule has 1 aromatic heterocycles. The van der Waals surface area contributed by atoms with E-state index in [0.717, 1.165) is 18.1 Å². The van der Waals surface area contributed by atoms with E-state index < -0.39 is 0 Å². The second-order valence-electron chi connectivity index (χ2n) is 4.47. The maximum atomic E-state index is 5.37. The predicted octanol–water partition coefficient (Wildman–Crippen LogP) is 3.00. The van der Waals surface area contributed by atoms with Crippen LogP contribution in [-0.2, 0) is 11.3 Å². The van der Waals surface area contributed by atoms with Crippen molar-refractivity contribution in [2.24, 2.45) is 0 Å². The van der Waals surface area contributed by atoms with Crippen LogP contribution < -0.4 is 10.6 Å². The normalized spacial score (nSPS) is 12.2. The zero-order valence-electron chi connectivity index (χ0n) is 12.9. The number of rotatable bonds is 10. The van der Waals surface area contributed by atoms with Crippen LogP contribution in [0.4, 0.5) is 11.6 Å². The van der Waals surface area contributed by atoms with Gasteiger partial charge in [-0.2, -0.15) is 11.8 Å². The van der Waals surface area contributed by atoms with Gasteiger partial charge in [-0.25, -0.2) is 9.97 Å². The van der Waals surface area contributed by atoms with E-state index >= 15 is 0 Å². The Kier molecular flexibility index (Phi) is 8.37. The Morgan fingerprint density at radius 2 is 2.05 bits per heavy atom. The van der Waals surface area contributed by atoms with Crippen molar-refractivity contribution in [2.45, 2.75) is 39.8 Å². The molecule has 6 heteroatoms. The van der Waals surface area contributed by atoms with Crippen molar-refractivity contribution in [3.63, 3.8) is 0 Å². The molecule has 0 saturated heterocycles. The lowest BCUT2D eigenvalue weighted by Gasteiger charge is -2.15. The smallest absolute Gasteiger partial charge is 0.158 e. The van der Waals surface area contributed by atoms with Crippen LogP contribution in [-0.4, -0.2) is 41.2 Å². The summed E-state index contributed by atoms with van der Waals surface area (Å²) in [5.41, 5.74) is 0. The van der Waals surface area contributed by atoms with Crippen LogP contribution in [0.1, 0.15) is 33.0 Å². The van der Waals surface area contributed by atoms with Crippen LogP contribution in [0.5, 0.6) is 0 Å². The van der Waals surface area contributed by atoms with E-state index in [4.69, 9.17) is 4.74 Å². The molecule has 20 heavy (non-hydrogen) atoms. The molecular weight excluding hydrogens is 272 g/mol. The van der Waals surface area contributed by atoms with Crippen molar-refractivity contribution in [3.05, 3.63) is 11.9 Å². The molecule has 1 aromatic rings. The monoisotopic (exact) mass is 298 g/mol. The van der Waals surface area contributed by atoms with E-state index in [1.165, 1.54) is 11.5 Å². The van der Waals surface area contributed by atoms with Gasteiger partial charge in [0.15, 0.2) is 5.82 Å². The van der Waals surface area contributed by atoms with Gasteiger partial charge < -0.3 is 15.4 Å². The van der Waals surface area contributed by atoms with Gasteiger partial charge in [-0.1, -0.05) is 6.92 Å². The molecule has 2 N–H and O–H groups in total. The summed E-state index contributed by atoms with van der Waals surface area (Å²) in [4.78, 5) is 8.87. The first-order valence-electron chi connectivity index (χ1n) is 7.17. The molecule has 0 bridgehead atoms. The van der Waals surface area contributed by atoms with Gasteiger partial charge in [0.05, 0.1) is 0 Å². The standard InChI is InChI=1S/C14H26N4OS/c1-5-19-10-14-17-12(15-4)9-13(18-14)16-11(3)7-8-20-6-2/h9,11H,5-8,10H2,1-4H3,(H2,15,16,17,18). The molecule has 1 unspecified atom stereocenters. The molecule has 0 amide bonds. The zero-order valence-corrected chi connectivity index (χ0v) is 13.7. The Balaban J connectivity index is 2.62. The highest BCUT2D eigenvalue weighted by atomic mass is 32.2. The maximum Gasteiger partial charge on any atom is 0.158 e. The largest absolute Gasteiger partial charge is 0.374 e. The minimum Gasteiger partial charge on any atom is -0.374 e. The number of aromatic nitrogens is 2. The van der Waals surface area contributed by atoms with Crippen LogP contribution in [0.25, 0.3) is 0 Å². The minimum atomic E-state index is 0.397. The average Bonchev–Trinajstić information content (AvgIpc) is 2.45. The topological polar surface area (TPSA) is 59.1 Å². The van der Waals surface area contributed by atoms with Gasteiger partial charge in [-0.05, 0) is 31.8 Å². The number of anilines is 2. The summed E-state index contributed by atoms with van der Waals surface area (Å²) in [6.45, 7) is 7.45. The van der Waals surface area contributed by atoms with Gasteiger partial charge >= 0.3 is 0 Å². The van der Waals surface area contributed by atoms with Crippen LogP contribution in [0.15, 0.2) is 6.07 Å². The highest BCUT2D eigenvalue weighted by molar-refractivity contribution is 7.99. The van der Waals surface area contributed by atoms with Crippen LogP contribution >= 0.6 is 11.8 Å². The van der Waals surface area contributed by atoms with Crippen molar-refractivity contribution in [3.8, 4) is 0 Å². The number of thioether (sulfide) groups is 1. The van der Waals surface area contributed by atoms with Crippen molar-refractivity contribution < 1.29 is 4.74 Å². The first kappa shape index (κ1) is 17.0. The van der Waals surface area contributed by atoms with E-state index in [1.807, 2.05) is 31.8 Å². The van der Waals surface area contributed by atoms with Crippen LogP contribution in [0.2, 0.25) is 0 Å².